The van der Waals surface area contributed by atoms with E-state index in [1.54, 1.807) is 0 Å². The Morgan fingerprint density at radius 3 is 2.65 bits per heavy atom. The lowest BCUT2D eigenvalue weighted by molar-refractivity contribution is 0.523. The Hall–Kier alpha value is -1.32. The summed E-state index contributed by atoms with van der Waals surface area (Å²) in [7, 11) is 0. The van der Waals surface area contributed by atoms with E-state index < -0.39 is 0 Å². The van der Waals surface area contributed by atoms with E-state index >= 15 is 0 Å². The molecule has 20 heavy (non-hydrogen) atoms. The van der Waals surface area contributed by atoms with Crippen LogP contribution in [0, 0.1) is 6.92 Å². The lowest BCUT2D eigenvalue weighted by atomic mass is 10.2. The van der Waals surface area contributed by atoms with Crippen molar-refractivity contribution >= 4 is 11.6 Å². The first-order valence-electron chi connectivity index (χ1n) is 7.27. The zero-order valence-corrected chi connectivity index (χ0v) is 12.5. The average Bonchev–Trinajstić information content (AvgIpc) is 3.08. The second-order valence-electron chi connectivity index (χ2n) is 5.51. The molecule has 3 nitrogen and oxygen atoms in total. The van der Waals surface area contributed by atoms with Crippen LogP contribution in [0.5, 0.6) is 0 Å². The minimum atomic E-state index is 0.688. The summed E-state index contributed by atoms with van der Waals surface area (Å²) in [5.74, 6) is 0. The lowest BCUT2D eigenvalue weighted by Gasteiger charge is -2.11. The van der Waals surface area contributed by atoms with Crippen LogP contribution in [0.4, 0.5) is 0 Å². The van der Waals surface area contributed by atoms with E-state index in [-0.39, 0.29) is 0 Å². The number of nitrogens with zero attached hydrogens (tertiary/aromatic N) is 2. The maximum Gasteiger partial charge on any atom is 0.0649 e. The lowest BCUT2D eigenvalue weighted by Crippen LogP contribution is -2.25. The van der Waals surface area contributed by atoms with Gasteiger partial charge in [-0.2, -0.15) is 5.10 Å². The highest BCUT2D eigenvalue weighted by Crippen LogP contribution is 2.20. The minimum absolute atomic E-state index is 0.688. The van der Waals surface area contributed by atoms with Gasteiger partial charge in [-0.15, -0.1) is 0 Å². The van der Waals surface area contributed by atoms with Crippen LogP contribution >= 0.6 is 11.6 Å². The second-order valence-corrected chi connectivity index (χ2v) is 5.94. The van der Waals surface area contributed by atoms with Crippen LogP contribution in [0.2, 0.25) is 5.02 Å². The smallest absolute Gasteiger partial charge is 0.0649 e. The molecule has 0 aliphatic heterocycles. The Kier molecular flexibility index (Phi) is 4.08. The number of aromatic nitrogens is 2. The highest BCUT2D eigenvalue weighted by atomic mass is 35.5. The molecule has 0 bridgehead atoms. The van der Waals surface area contributed by atoms with Crippen LogP contribution in [-0.2, 0) is 6.54 Å². The topological polar surface area (TPSA) is 29.9 Å². The Balaban J connectivity index is 1.72. The van der Waals surface area contributed by atoms with Gasteiger partial charge in [-0.3, -0.25) is 0 Å². The van der Waals surface area contributed by atoms with Crippen LogP contribution in [0.1, 0.15) is 36.9 Å². The molecule has 4 heteroatoms. The fourth-order valence-electron chi connectivity index (χ4n) is 2.84. The predicted molar refractivity (Wildman–Crippen MR) is 82.4 cm³/mol. The fourth-order valence-corrected chi connectivity index (χ4v) is 2.97. The van der Waals surface area contributed by atoms with Crippen molar-refractivity contribution < 1.29 is 0 Å². The summed E-state index contributed by atoms with van der Waals surface area (Å²) in [5.41, 5.74) is 3.52. The molecule has 1 fully saturated rings. The van der Waals surface area contributed by atoms with Crippen molar-refractivity contribution in [2.75, 3.05) is 0 Å². The third-order valence-corrected chi connectivity index (χ3v) is 4.37. The Labute approximate surface area is 124 Å². The van der Waals surface area contributed by atoms with Crippen molar-refractivity contribution in [1.82, 2.24) is 15.1 Å². The van der Waals surface area contributed by atoms with Crippen LogP contribution in [0.25, 0.3) is 5.69 Å². The van der Waals surface area contributed by atoms with E-state index in [0.29, 0.717) is 6.04 Å². The zero-order chi connectivity index (χ0) is 13.9. The largest absolute Gasteiger partial charge is 0.310 e. The predicted octanol–water partition coefficient (Wildman–Crippen LogP) is 3.87. The number of rotatable bonds is 4. The van der Waals surface area contributed by atoms with E-state index in [1.165, 1.54) is 36.9 Å². The molecule has 0 atom stereocenters. The summed E-state index contributed by atoms with van der Waals surface area (Å²) in [6, 6.07) is 8.48. The molecule has 1 N–H and O–H groups in total. The fraction of sp³-hybridized carbons (Fsp3) is 0.438. The van der Waals surface area contributed by atoms with E-state index in [1.807, 2.05) is 35.1 Å². The third-order valence-electron chi connectivity index (χ3n) is 4.12. The van der Waals surface area contributed by atoms with Gasteiger partial charge in [0.25, 0.3) is 0 Å². The quantitative estimate of drug-likeness (QED) is 0.926. The van der Waals surface area contributed by atoms with Gasteiger partial charge in [0.1, 0.15) is 0 Å². The molecule has 1 aromatic carbocycles. The van der Waals surface area contributed by atoms with Gasteiger partial charge < -0.3 is 5.32 Å². The number of halogens is 1. The maximum absolute atomic E-state index is 5.93. The van der Waals surface area contributed by atoms with Crippen LogP contribution < -0.4 is 5.32 Å². The van der Waals surface area contributed by atoms with E-state index in [0.717, 1.165) is 17.3 Å². The molecule has 1 aliphatic carbocycles. The molecular formula is C16H20ClN3. The van der Waals surface area contributed by atoms with Gasteiger partial charge in [-0.25, -0.2) is 4.68 Å². The zero-order valence-electron chi connectivity index (χ0n) is 11.8. The minimum Gasteiger partial charge on any atom is -0.310 e. The summed E-state index contributed by atoms with van der Waals surface area (Å²) in [5, 5.41) is 8.88. The molecule has 2 aromatic rings. The summed E-state index contributed by atoms with van der Waals surface area (Å²) in [6.07, 6.45) is 7.31. The van der Waals surface area contributed by atoms with Crippen molar-refractivity contribution in [1.29, 1.82) is 0 Å². The molecule has 1 heterocycles. The first-order chi connectivity index (χ1) is 9.74. The van der Waals surface area contributed by atoms with Crippen LogP contribution in [0.15, 0.2) is 30.5 Å². The molecule has 0 radical (unpaired) electrons. The molecule has 3 rings (SSSR count). The molecule has 106 valence electrons. The number of benzene rings is 1. The maximum atomic E-state index is 5.93. The van der Waals surface area contributed by atoms with E-state index in [9.17, 15) is 0 Å². The molecule has 1 aromatic heterocycles. The number of hydrogen-bond donors (Lipinski definition) is 1. The summed E-state index contributed by atoms with van der Waals surface area (Å²) >= 11 is 5.93. The van der Waals surface area contributed by atoms with Crippen molar-refractivity contribution in [3.05, 3.63) is 46.7 Å². The van der Waals surface area contributed by atoms with Crippen molar-refractivity contribution in [3.63, 3.8) is 0 Å². The SMILES string of the molecule is Cc1c(CNC2CCCC2)cnn1-c1ccc(Cl)cc1. The number of nitrogens with one attached hydrogen (secondary N) is 1. The van der Waals surface area contributed by atoms with Gasteiger partial charge in [0.05, 0.1) is 11.9 Å². The van der Waals surface area contributed by atoms with Gasteiger partial charge in [0.15, 0.2) is 0 Å². The Morgan fingerprint density at radius 2 is 1.95 bits per heavy atom. The first-order valence-corrected chi connectivity index (χ1v) is 7.64. The third kappa shape index (κ3) is 2.89. The molecule has 0 unspecified atom stereocenters. The normalized spacial score (nSPS) is 15.9. The molecule has 0 amide bonds. The summed E-state index contributed by atoms with van der Waals surface area (Å²) < 4.78 is 1.97. The number of hydrogen-bond acceptors (Lipinski definition) is 2. The van der Waals surface area contributed by atoms with Crippen molar-refractivity contribution in [2.45, 2.75) is 45.2 Å². The molecule has 0 spiro atoms. The van der Waals surface area contributed by atoms with Crippen molar-refractivity contribution in [3.8, 4) is 5.69 Å². The van der Waals surface area contributed by atoms with Gasteiger partial charge in [0, 0.05) is 28.9 Å². The van der Waals surface area contributed by atoms with Gasteiger partial charge >= 0.3 is 0 Å². The van der Waals surface area contributed by atoms with Crippen LogP contribution in [-0.4, -0.2) is 15.8 Å². The highest BCUT2D eigenvalue weighted by molar-refractivity contribution is 6.30. The standard InChI is InChI=1S/C16H20ClN3/c1-12-13(10-18-15-4-2-3-5-15)11-19-20(12)16-8-6-14(17)7-9-16/h6-9,11,15,18H,2-5,10H2,1H3. The monoisotopic (exact) mass is 289 g/mol. The first kappa shape index (κ1) is 13.7. The van der Waals surface area contributed by atoms with Crippen LogP contribution in [0.3, 0.4) is 0 Å². The van der Waals surface area contributed by atoms with Gasteiger partial charge in [-0.1, -0.05) is 24.4 Å². The molecule has 0 saturated heterocycles. The highest BCUT2D eigenvalue weighted by Gasteiger charge is 2.15. The van der Waals surface area contributed by atoms with Gasteiger partial charge in [0.2, 0.25) is 0 Å². The summed E-state index contributed by atoms with van der Waals surface area (Å²) in [4.78, 5) is 0. The Bertz CT molecular complexity index is 568. The van der Waals surface area contributed by atoms with E-state index in [4.69, 9.17) is 11.6 Å². The molecular weight excluding hydrogens is 270 g/mol. The van der Waals surface area contributed by atoms with Crippen molar-refractivity contribution in [2.24, 2.45) is 0 Å². The Morgan fingerprint density at radius 1 is 1.25 bits per heavy atom. The van der Waals surface area contributed by atoms with Gasteiger partial charge in [-0.05, 0) is 44.0 Å². The molecule has 1 saturated carbocycles. The van der Waals surface area contributed by atoms with E-state index in [2.05, 4.69) is 17.3 Å². The second kappa shape index (κ2) is 5.98. The average molecular weight is 290 g/mol. The molecule has 1 aliphatic rings. The summed E-state index contributed by atoms with van der Waals surface area (Å²) in [6.45, 7) is 3.03.